The van der Waals surface area contributed by atoms with Gasteiger partial charge >= 0.3 is 0 Å². The Bertz CT molecular complexity index is 6.00. The molecule has 31 valence electrons. The third-order valence-corrected chi connectivity index (χ3v) is 0. The van der Waals surface area contributed by atoms with Crippen molar-refractivity contribution < 1.29 is 16.8 Å². The first-order chi connectivity index (χ1) is 1.00. The van der Waals surface area contributed by atoms with Crippen LogP contribution in [0.5, 0.6) is 0 Å². The van der Waals surface area contributed by atoms with E-state index < -0.39 is 0 Å². The second-order valence-electron chi connectivity index (χ2n) is 0. The fraction of sp³-hybridized carbons (Fsp3) is 0.500. The second-order valence-corrected chi connectivity index (χ2v) is 0. The molecule has 1 nitrogen and oxygen atoms in total. The Morgan fingerprint density at radius 1 is 1.25 bits per heavy atom. The minimum Gasteiger partial charge on any atom is -0.346 e. The molecule has 0 aliphatic carbocycles. The van der Waals surface area contributed by atoms with Crippen LogP contribution in [0.3, 0.4) is 0 Å². The number of hydrogen-bond acceptors (Lipinski definition) is 1. The Kier molecular flexibility index (Phi) is 605. The van der Waals surface area contributed by atoms with Crippen LogP contribution in [-0.2, 0) is 16.8 Å². The molecule has 0 unspecified atom stereocenters. The topological polar surface area (TPSA) is 35.0 Å². The molecule has 0 amide bonds. The van der Waals surface area contributed by atoms with Gasteiger partial charge in [-0.25, -0.2) is 0 Å². The van der Waals surface area contributed by atoms with Gasteiger partial charge in [-0.3, -0.25) is 0 Å². The Morgan fingerprint density at radius 3 is 1.25 bits per heavy atom. The van der Waals surface area contributed by atoms with Crippen molar-refractivity contribution >= 4 is 0 Å². The maximum Gasteiger partial charge on any atom is 0 e. The van der Waals surface area contributed by atoms with Gasteiger partial charge in [0.25, 0.3) is 0 Å². The molecule has 0 aliphatic heterocycles. The third kappa shape index (κ3) is 24.4. The van der Waals surface area contributed by atoms with Crippen LogP contribution in [0.2, 0.25) is 0 Å². The second kappa shape index (κ2) is 96.9. The van der Waals surface area contributed by atoms with Gasteiger partial charge in [0, 0.05) is 16.8 Å². The van der Waals surface area contributed by atoms with Crippen LogP contribution >= 0.6 is 0 Å². The maximum absolute atomic E-state index is 3.25. The summed E-state index contributed by atoms with van der Waals surface area (Å²) in [6.07, 6.45) is 0. The Labute approximate surface area is 37.6 Å². The van der Waals surface area contributed by atoms with Crippen LogP contribution < -0.4 is 6.15 Å². The largest absolute Gasteiger partial charge is 0.346 e. The van der Waals surface area contributed by atoms with Crippen LogP contribution in [-0.4, -0.2) is 0 Å². The molecular weight excluding hydrogens is 97.0 g/mol. The molecule has 1 radical (unpaired) electrons. The van der Waals surface area contributed by atoms with E-state index >= 15 is 0 Å². The van der Waals surface area contributed by atoms with Crippen LogP contribution in [0.15, 0.2) is 0 Å². The Morgan fingerprint density at radius 2 is 1.25 bits per heavy atom. The molecule has 0 saturated heterocycles. The van der Waals surface area contributed by atoms with Crippen molar-refractivity contribution in [2.24, 2.45) is 0 Å². The molecule has 0 aromatic heterocycles. The zero-order valence-electron chi connectivity index (χ0n) is 2.75. The normalized spacial score (nSPS) is 1.50. The molecule has 0 spiro atoms. The van der Waals surface area contributed by atoms with Crippen molar-refractivity contribution in [3.05, 3.63) is 6.92 Å². The molecule has 0 fully saturated rings. The summed E-state index contributed by atoms with van der Waals surface area (Å²) in [5.41, 5.74) is 0. The van der Waals surface area contributed by atoms with Gasteiger partial charge in [0.05, 0.1) is 0 Å². The first-order valence-electron chi connectivity index (χ1n) is 0.707. The Balaban J connectivity index is -0.00000000500. The number of rotatable bonds is 0. The van der Waals surface area contributed by atoms with Gasteiger partial charge < -0.3 is 13.1 Å². The summed E-state index contributed by atoms with van der Waals surface area (Å²) < 4.78 is 0. The minimum absolute atomic E-state index is 0. The third-order valence-electron chi connectivity index (χ3n) is 0. The van der Waals surface area contributed by atoms with Crippen LogP contribution in [0.1, 0.15) is 6.92 Å². The van der Waals surface area contributed by atoms with E-state index in [1.807, 2.05) is 0 Å². The zero-order chi connectivity index (χ0) is 2.00. The van der Waals surface area contributed by atoms with E-state index in [9.17, 15) is 0 Å². The van der Waals surface area contributed by atoms with E-state index in [4.69, 9.17) is 0 Å². The molecule has 0 aromatic rings. The predicted octanol–water partition coefficient (Wildman–Crippen LogP) is 1.000. The van der Waals surface area contributed by atoms with Gasteiger partial charge in [0.1, 0.15) is 0 Å². The minimum atomic E-state index is 0. The molecular formula is C2H8CoN-. The van der Waals surface area contributed by atoms with Crippen LogP contribution in [0.25, 0.3) is 0 Å². The van der Waals surface area contributed by atoms with Gasteiger partial charge in [0.15, 0.2) is 0 Å². The summed E-state index contributed by atoms with van der Waals surface area (Å²) in [6.45, 7) is 5.00. The average Bonchev–Trinajstić information content (AvgIpc) is 1.00. The standard InChI is InChI=1S/C2H5.Co.H3N/c1-2;;/h1H2,2H3;;1H3/q-1;;. The molecule has 3 N–H and O–H groups in total. The summed E-state index contributed by atoms with van der Waals surface area (Å²) in [6, 6.07) is 0. The van der Waals surface area contributed by atoms with Gasteiger partial charge in [-0.15, -0.1) is 0 Å². The summed E-state index contributed by atoms with van der Waals surface area (Å²) >= 11 is 0. The van der Waals surface area contributed by atoms with E-state index in [2.05, 4.69) is 6.92 Å². The Hall–Kier alpha value is 0.466. The van der Waals surface area contributed by atoms with Crippen LogP contribution in [0, 0.1) is 6.92 Å². The molecule has 0 heterocycles. The molecule has 4 heavy (non-hydrogen) atoms. The van der Waals surface area contributed by atoms with E-state index in [-0.39, 0.29) is 22.9 Å². The van der Waals surface area contributed by atoms with E-state index in [1.54, 1.807) is 6.92 Å². The quantitative estimate of drug-likeness (QED) is 0.458. The van der Waals surface area contributed by atoms with Crippen molar-refractivity contribution in [2.75, 3.05) is 0 Å². The molecule has 0 bridgehead atoms. The van der Waals surface area contributed by atoms with Gasteiger partial charge in [-0.05, 0) is 0 Å². The zero-order valence-corrected chi connectivity index (χ0v) is 3.79. The fourth-order valence-electron chi connectivity index (χ4n) is 0. The molecule has 0 rings (SSSR count). The average molecular weight is 105 g/mol. The summed E-state index contributed by atoms with van der Waals surface area (Å²) in [4.78, 5) is 0. The summed E-state index contributed by atoms with van der Waals surface area (Å²) in [5.74, 6) is 0. The van der Waals surface area contributed by atoms with E-state index in [0.29, 0.717) is 0 Å². The van der Waals surface area contributed by atoms with Crippen molar-refractivity contribution in [3.63, 3.8) is 0 Å². The van der Waals surface area contributed by atoms with E-state index in [0.717, 1.165) is 0 Å². The monoisotopic (exact) mass is 105 g/mol. The fourth-order valence-corrected chi connectivity index (χ4v) is 0. The van der Waals surface area contributed by atoms with Gasteiger partial charge in [-0.1, -0.05) is 0 Å². The smallest absolute Gasteiger partial charge is 0 e. The van der Waals surface area contributed by atoms with Crippen molar-refractivity contribution in [3.8, 4) is 0 Å². The van der Waals surface area contributed by atoms with Crippen molar-refractivity contribution in [1.29, 1.82) is 0 Å². The molecule has 2 heteroatoms. The van der Waals surface area contributed by atoms with E-state index in [1.165, 1.54) is 0 Å². The van der Waals surface area contributed by atoms with Crippen molar-refractivity contribution in [2.45, 2.75) is 6.92 Å². The van der Waals surface area contributed by atoms with Gasteiger partial charge in [-0.2, -0.15) is 6.92 Å². The summed E-state index contributed by atoms with van der Waals surface area (Å²) in [7, 11) is 0. The van der Waals surface area contributed by atoms with Crippen molar-refractivity contribution in [1.82, 2.24) is 6.15 Å². The molecule has 0 saturated carbocycles. The number of hydrogen-bond donors (Lipinski definition) is 1. The predicted molar refractivity (Wildman–Crippen MR) is 16.1 cm³/mol. The molecule has 0 atom stereocenters. The van der Waals surface area contributed by atoms with Gasteiger partial charge in [0.2, 0.25) is 0 Å². The maximum atomic E-state index is 3.25. The molecule has 0 aromatic carbocycles. The summed E-state index contributed by atoms with van der Waals surface area (Å²) in [5, 5.41) is 0. The van der Waals surface area contributed by atoms with Crippen LogP contribution in [0.4, 0.5) is 0 Å². The first kappa shape index (κ1) is 25.0. The SMILES string of the molecule is N.[CH2-]C.[Co]. The molecule has 0 aliphatic rings. The first-order valence-corrected chi connectivity index (χ1v) is 0.707.